The molecule has 0 bridgehead atoms. The van der Waals surface area contributed by atoms with Crippen LogP contribution in [0.25, 0.3) is 0 Å². The Labute approximate surface area is 149 Å². The zero-order valence-corrected chi connectivity index (χ0v) is 15.5. The predicted octanol–water partition coefficient (Wildman–Crippen LogP) is 7.05. The first-order valence-electron chi connectivity index (χ1n) is 9.18. The highest BCUT2D eigenvalue weighted by atomic mass is 16.1. The molecule has 0 unspecified atom stereocenters. The van der Waals surface area contributed by atoms with Crippen molar-refractivity contribution in [3.05, 3.63) is 72.4 Å². The number of carbonyl (C=O) groups is 1. The minimum Gasteiger partial charge on any atom is -0.298 e. The number of hydrogen-bond donors (Lipinski definition) is 0. The molecule has 0 spiro atoms. The quantitative estimate of drug-likeness (QED) is 0.145. The Balaban J connectivity index is 3.51. The Morgan fingerprint density at radius 3 is 1.58 bits per heavy atom. The summed E-state index contributed by atoms with van der Waals surface area (Å²) in [5.41, 5.74) is 0.832. The van der Waals surface area contributed by atoms with E-state index in [-0.39, 0.29) is 0 Å². The number of aldehydes is 1. The summed E-state index contributed by atoms with van der Waals surface area (Å²) in [5.74, 6) is 0. The van der Waals surface area contributed by atoms with Crippen molar-refractivity contribution in [3.63, 3.8) is 0 Å². The molecule has 0 aliphatic carbocycles. The Bertz CT molecular complexity index is 458. The third-order valence-corrected chi connectivity index (χ3v) is 3.38. The molecular formula is C23H34O. The maximum atomic E-state index is 10.4. The van der Waals surface area contributed by atoms with Crippen LogP contribution in [0.5, 0.6) is 0 Å². The van der Waals surface area contributed by atoms with Gasteiger partial charge in [-0.05, 0) is 63.9 Å². The van der Waals surface area contributed by atoms with Gasteiger partial charge in [-0.15, -0.1) is 0 Å². The largest absolute Gasteiger partial charge is 0.298 e. The van der Waals surface area contributed by atoms with Crippen molar-refractivity contribution in [1.82, 2.24) is 0 Å². The number of carbonyl (C=O) groups excluding carboxylic acids is 1. The second-order valence-corrected chi connectivity index (χ2v) is 5.70. The van der Waals surface area contributed by atoms with E-state index in [9.17, 15) is 4.79 Å². The smallest absolute Gasteiger partial charge is 0.145 e. The Morgan fingerprint density at radius 2 is 1.12 bits per heavy atom. The lowest BCUT2D eigenvalue weighted by atomic mass is 10.1. The van der Waals surface area contributed by atoms with Crippen molar-refractivity contribution < 1.29 is 4.79 Å². The molecule has 0 aliphatic rings. The molecule has 0 aromatic heterocycles. The summed E-state index contributed by atoms with van der Waals surface area (Å²) in [6.45, 7) is 4.01. The van der Waals surface area contributed by atoms with Crippen molar-refractivity contribution in [3.8, 4) is 0 Å². The summed E-state index contributed by atoms with van der Waals surface area (Å²) in [5, 5.41) is 0. The standard InChI is InChI=1S/C23H34O/c1-3-4-5-6-7-8-9-10-11-12-13-14-15-16-17-18-19-20-21-23(2)22-24/h4-5,7-8,10-11,13-14,16-17,21-22H,3,6,9,12,15,18-20H2,1-2H3/b5-4-,8-7-,11-10-,14-13-,17-16-,23-21+. The van der Waals surface area contributed by atoms with E-state index >= 15 is 0 Å². The molecule has 0 radical (unpaired) electrons. The van der Waals surface area contributed by atoms with Crippen molar-refractivity contribution in [2.75, 3.05) is 0 Å². The van der Waals surface area contributed by atoms with Gasteiger partial charge in [0.2, 0.25) is 0 Å². The van der Waals surface area contributed by atoms with E-state index in [4.69, 9.17) is 0 Å². The van der Waals surface area contributed by atoms with Crippen LogP contribution in [0.15, 0.2) is 72.4 Å². The molecule has 24 heavy (non-hydrogen) atoms. The molecule has 0 heterocycles. The van der Waals surface area contributed by atoms with Crippen LogP contribution in [0.1, 0.15) is 65.2 Å². The first-order valence-corrected chi connectivity index (χ1v) is 9.18. The zero-order chi connectivity index (χ0) is 17.7. The second kappa shape index (κ2) is 19.2. The highest BCUT2D eigenvalue weighted by molar-refractivity contribution is 5.71. The molecule has 0 fully saturated rings. The third kappa shape index (κ3) is 18.2. The summed E-state index contributed by atoms with van der Waals surface area (Å²) >= 11 is 0. The van der Waals surface area contributed by atoms with Crippen LogP contribution in [0.4, 0.5) is 0 Å². The van der Waals surface area contributed by atoms with Crippen LogP contribution >= 0.6 is 0 Å². The number of rotatable bonds is 14. The molecule has 0 amide bonds. The van der Waals surface area contributed by atoms with Crippen LogP contribution in [0.3, 0.4) is 0 Å². The fourth-order valence-corrected chi connectivity index (χ4v) is 1.98. The fraction of sp³-hybridized carbons (Fsp3) is 0.435. The zero-order valence-electron chi connectivity index (χ0n) is 15.5. The molecule has 0 aliphatic heterocycles. The van der Waals surface area contributed by atoms with E-state index in [2.05, 4.69) is 67.7 Å². The van der Waals surface area contributed by atoms with Crippen molar-refractivity contribution in [2.45, 2.75) is 65.2 Å². The molecule has 0 N–H and O–H groups in total. The molecular weight excluding hydrogens is 292 g/mol. The molecule has 0 aromatic rings. The van der Waals surface area contributed by atoms with Gasteiger partial charge in [-0.25, -0.2) is 0 Å². The molecule has 0 aromatic carbocycles. The highest BCUT2D eigenvalue weighted by Crippen LogP contribution is 2.02. The van der Waals surface area contributed by atoms with Crippen molar-refractivity contribution in [2.24, 2.45) is 0 Å². The van der Waals surface area contributed by atoms with Crippen LogP contribution < -0.4 is 0 Å². The van der Waals surface area contributed by atoms with Gasteiger partial charge in [0.25, 0.3) is 0 Å². The molecule has 132 valence electrons. The molecule has 0 saturated heterocycles. The first-order chi connectivity index (χ1) is 11.8. The van der Waals surface area contributed by atoms with Crippen LogP contribution in [-0.2, 0) is 4.79 Å². The summed E-state index contributed by atoms with van der Waals surface area (Å²) < 4.78 is 0. The van der Waals surface area contributed by atoms with Gasteiger partial charge in [0, 0.05) is 0 Å². The topological polar surface area (TPSA) is 17.1 Å². The fourth-order valence-electron chi connectivity index (χ4n) is 1.98. The average molecular weight is 327 g/mol. The van der Waals surface area contributed by atoms with E-state index in [1.165, 1.54) is 0 Å². The number of hydrogen-bond acceptors (Lipinski definition) is 1. The van der Waals surface area contributed by atoms with Gasteiger partial charge in [-0.1, -0.05) is 73.8 Å². The van der Waals surface area contributed by atoms with Gasteiger partial charge < -0.3 is 0 Å². The van der Waals surface area contributed by atoms with Gasteiger partial charge in [0.1, 0.15) is 6.29 Å². The maximum absolute atomic E-state index is 10.4. The Kier molecular flexibility index (Phi) is 17.6. The molecule has 0 saturated carbocycles. The highest BCUT2D eigenvalue weighted by Gasteiger charge is 1.84. The minimum atomic E-state index is 0.832. The Hall–Kier alpha value is -1.89. The van der Waals surface area contributed by atoms with E-state index in [0.29, 0.717) is 0 Å². The maximum Gasteiger partial charge on any atom is 0.145 e. The lowest BCUT2D eigenvalue weighted by Crippen LogP contribution is -1.76. The van der Waals surface area contributed by atoms with E-state index in [1.807, 2.05) is 13.0 Å². The van der Waals surface area contributed by atoms with Crippen LogP contribution in [-0.4, -0.2) is 6.29 Å². The summed E-state index contributed by atoms with van der Waals surface area (Å²) in [6, 6.07) is 0. The van der Waals surface area contributed by atoms with Gasteiger partial charge in [-0.3, -0.25) is 4.79 Å². The van der Waals surface area contributed by atoms with E-state index < -0.39 is 0 Å². The van der Waals surface area contributed by atoms with Crippen LogP contribution in [0.2, 0.25) is 0 Å². The van der Waals surface area contributed by atoms with Gasteiger partial charge in [-0.2, -0.15) is 0 Å². The number of allylic oxidation sites excluding steroid dienone is 12. The summed E-state index contributed by atoms with van der Waals surface area (Å²) in [4.78, 5) is 10.4. The molecule has 1 heteroatoms. The number of unbranched alkanes of at least 4 members (excludes halogenated alkanes) is 2. The second-order valence-electron chi connectivity index (χ2n) is 5.70. The third-order valence-electron chi connectivity index (χ3n) is 3.38. The molecule has 0 atom stereocenters. The summed E-state index contributed by atoms with van der Waals surface area (Å²) in [6.07, 6.45) is 33.4. The van der Waals surface area contributed by atoms with Crippen LogP contribution in [0, 0.1) is 0 Å². The van der Waals surface area contributed by atoms with Gasteiger partial charge >= 0.3 is 0 Å². The SMILES string of the molecule is CC/C=C\C/C=C\C/C=C\C/C=C\C/C=C\CCC/C=C(\C)C=O. The van der Waals surface area contributed by atoms with Gasteiger partial charge in [0.15, 0.2) is 0 Å². The molecule has 1 nitrogen and oxygen atoms in total. The average Bonchev–Trinajstić information content (AvgIpc) is 2.60. The summed E-state index contributed by atoms with van der Waals surface area (Å²) in [7, 11) is 0. The van der Waals surface area contributed by atoms with E-state index in [0.717, 1.165) is 63.2 Å². The lowest BCUT2D eigenvalue weighted by molar-refractivity contribution is -0.104. The Morgan fingerprint density at radius 1 is 0.667 bits per heavy atom. The van der Waals surface area contributed by atoms with Gasteiger partial charge in [0.05, 0.1) is 0 Å². The molecule has 0 rings (SSSR count). The predicted molar refractivity (Wildman–Crippen MR) is 108 cm³/mol. The lowest BCUT2D eigenvalue weighted by Gasteiger charge is -1.91. The van der Waals surface area contributed by atoms with E-state index in [1.54, 1.807) is 0 Å². The van der Waals surface area contributed by atoms with Crippen molar-refractivity contribution in [1.29, 1.82) is 0 Å². The van der Waals surface area contributed by atoms with Crippen molar-refractivity contribution >= 4 is 6.29 Å². The normalized spacial score (nSPS) is 13.5. The monoisotopic (exact) mass is 326 g/mol. The minimum absolute atomic E-state index is 0.832. The first kappa shape index (κ1) is 22.1.